The molecule has 0 aromatic heterocycles. The van der Waals surface area contributed by atoms with E-state index < -0.39 is 0 Å². The highest BCUT2D eigenvalue weighted by atomic mass is 16.5. The number of hydrogen-bond donors (Lipinski definition) is 0. The fourth-order valence-electron chi connectivity index (χ4n) is 3.53. The van der Waals surface area contributed by atoms with Crippen LogP contribution in [0.25, 0.3) is 0 Å². The lowest BCUT2D eigenvalue weighted by Gasteiger charge is -2.36. The minimum Gasteiger partial charge on any atom is -0.493 e. The summed E-state index contributed by atoms with van der Waals surface area (Å²) >= 11 is 0. The Morgan fingerprint density at radius 1 is 0.963 bits per heavy atom. The lowest BCUT2D eigenvalue weighted by molar-refractivity contribution is -0.130. The maximum atomic E-state index is 12.8. The number of amides is 1. The molecule has 1 fully saturated rings. The summed E-state index contributed by atoms with van der Waals surface area (Å²) in [5, 5.41) is 0. The molecule has 0 aliphatic carbocycles. The Hall–Kier alpha value is -2.69. The highest BCUT2D eigenvalue weighted by molar-refractivity contribution is 5.80. The SMILES string of the molecule is COc1cc(C)c(CC(=O)N2CCN(c3cccc(C)c3)CC2)cc1OC. The maximum Gasteiger partial charge on any atom is 0.227 e. The van der Waals surface area contributed by atoms with E-state index in [2.05, 4.69) is 36.1 Å². The molecule has 2 aromatic carbocycles. The Labute approximate surface area is 161 Å². The van der Waals surface area contributed by atoms with Crippen LogP contribution in [0.5, 0.6) is 11.5 Å². The summed E-state index contributed by atoms with van der Waals surface area (Å²) in [7, 11) is 3.24. The Kier molecular flexibility index (Phi) is 5.89. The largest absolute Gasteiger partial charge is 0.493 e. The van der Waals surface area contributed by atoms with Crippen molar-refractivity contribution in [3.8, 4) is 11.5 Å². The van der Waals surface area contributed by atoms with Gasteiger partial charge in [0.1, 0.15) is 0 Å². The van der Waals surface area contributed by atoms with Crippen LogP contribution < -0.4 is 14.4 Å². The van der Waals surface area contributed by atoms with Crippen molar-refractivity contribution in [3.63, 3.8) is 0 Å². The fraction of sp³-hybridized carbons (Fsp3) is 0.409. The van der Waals surface area contributed by atoms with Gasteiger partial charge in [0.15, 0.2) is 11.5 Å². The molecule has 0 atom stereocenters. The molecule has 1 aliphatic rings. The quantitative estimate of drug-likeness (QED) is 0.813. The van der Waals surface area contributed by atoms with Crippen LogP contribution in [0.1, 0.15) is 16.7 Å². The average Bonchev–Trinajstić information content (AvgIpc) is 2.69. The van der Waals surface area contributed by atoms with E-state index in [1.165, 1.54) is 11.3 Å². The van der Waals surface area contributed by atoms with Gasteiger partial charge in [-0.15, -0.1) is 0 Å². The first-order chi connectivity index (χ1) is 13.0. The molecule has 5 heteroatoms. The van der Waals surface area contributed by atoms with Crippen LogP contribution in [0, 0.1) is 13.8 Å². The minimum absolute atomic E-state index is 0.161. The van der Waals surface area contributed by atoms with Crippen molar-refractivity contribution in [2.75, 3.05) is 45.3 Å². The van der Waals surface area contributed by atoms with Gasteiger partial charge in [-0.3, -0.25) is 4.79 Å². The smallest absolute Gasteiger partial charge is 0.227 e. The topological polar surface area (TPSA) is 42.0 Å². The highest BCUT2D eigenvalue weighted by Crippen LogP contribution is 2.30. The number of aryl methyl sites for hydroxylation is 2. The monoisotopic (exact) mass is 368 g/mol. The first kappa shape index (κ1) is 19.1. The normalized spacial score (nSPS) is 14.2. The Morgan fingerprint density at radius 2 is 1.63 bits per heavy atom. The third-order valence-electron chi connectivity index (χ3n) is 5.18. The van der Waals surface area contributed by atoms with E-state index in [-0.39, 0.29) is 5.91 Å². The van der Waals surface area contributed by atoms with E-state index in [9.17, 15) is 4.79 Å². The first-order valence-electron chi connectivity index (χ1n) is 9.32. The van der Waals surface area contributed by atoms with E-state index in [0.29, 0.717) is 17.9 Å². The van der Waals surface area contributed by atoms with Gasteiger partial charge in [0, 0.05) is 31.9 Å². The predicted octanol–water partition coefficient (Wildman–Crippen LogP) is 3.21. The molecular weight excluding hydrogens is 340 g/mol. The van der Waals surface area contributed by atoms with Crippen LogP contribution in [-0.4, -0.2) is 51.2 Å². The van der Waals surface area contributed by atoms with E-state index in [0.717, 1.165) is 37.3 Å². The molecule has 0 radical (unpaired) electrons. The zero-order chi connectivity index (χ0) is 19.4. The lowest BCUT2D eigenvalue weighted by atomic mass is 10.0. The van der Waals surface area contributed by atoms with Crippen LogP contribution >= 0.6 is 0 Å². The second-order valence-electron chi connectivity index (χ2n) is 7.02. The van der Waals surface area contributed by atoms with E-state index in [1.54, 1.807) is 14.2 Å². The van der Waals surface area contributed by atoms with Crippen molar-refractivity contribution >= 4 is 11.6 Å². The number of nitrogens with zero attached hydrogens (tertiary/aromatic N) is 2. The fourth-order valence-corrected chi connectivity index (χ4v) is 3.53. The van der Waals surface area contributed by atoms with Crippen molar-refractivity contribution in [1.29, 1.82) is 0 Å². The van der Waals surface area contributed by atoms with E-state index in [4.69, 9.17) is 9.47 Å². The molecule has 1 amide bonds. The lowest BCUT2D eigenvalue weighted by Crippen LogP contribution is -2.49. The first-order valence-corrected chi connectivity index (χ1v) is 9.32. The number of carbonyl (C=O) groups excluding carboxylic acids is 1. The van der Waals surface area contributed by atoms with Crippen molar-refractivity contribution in [2.45, 2.75) is 20.3 Å². The van der Waals surface area contributed by atoms with Crippen LogP contribution in [0.15, 0.2) is 36.4 Å². The van der Waals surface area contributed by atoms with Crippen molar-refractivity contribution < 1.29 is 14.3 Å². The van der Waals surface area contributed by atoms with Crippen LogP contribution in [0.3, 0.4) is 0 Å². The molecule has 0 N–H and O–H groups in total. The number of anilines is 1. The van der Waals surface area contributed by atoms with E-state index >= 15 is 0 Å². The summed E-state index contributed by atoms with van der Waals surface area (Å²) in [4.78, 5) is 17.1. The minimum atomic E-state index is 0.161. The van der Waals surface area contributed by atoms with Gasteiger partial charge in [0.2, 0.25) is 5.91 Å². The number of methoxy groups -OCH3 is 2. The third kappa shape index (κ3) is 4.35. The highest BCUT2D eigenvalue weighted by Gasteiger charge is 2.22. The average molecular weight is 368 g/mol. The molecule has 1 aliphatic heterocycles. The summed E-state index contributed by atoms with van der Waals surface area (Å²) in [6, 6.07) is 12.4. The number of benzene rings is 2. The molecule has 5 nitrogen and oxygen atoms in total. The Bertz CT molecular complexity index is 811. The van der Waals surface area contributed by atoms with Gasteiger partial charge >= 0.3 is 0 Å². The summed E-state index contributed by atoms with van der Waals surface area (Å²) in [6.45, 7) is 7.33. The maximum absolute atomic E-state index is 12.8. The summed E-state index contributed by atoms with van der Waals surface area (Å²) in [6.07, 6.45) is 0.386. The molecule has 0 spiro atoms. The van der Waals surface area contributed by atoms with Crippen molar-refractivity contribution in [2.24, 2.45) is 0 Å². The zero-order valence-electron chi connectivity index (χ0n) is 16.6. The number of hydrogen-bond acceptors (Lipinski definition) is 4. The number of piperazine rings is 1. The molecular formula is C22H28N2O3. The molecule has 27 heavy (non-hydrogen) atoms. The molecule has 0 unspecified atom stereocenters. The molecule has 3 rings (SSSR count). The number of ether oxygens (including phenoxy) is 2. The molecule has 144 valence electrons. The van der Waals surface area contributed by atoms with Gasteiger partial charge in [0.05, 0.1) is 20.6 Å². The summed E-state index contributed by atoms with van der Waals surface area (Å²) in [5.74, 6) is 1.52. The molecule has 0 bridgehead atoms. The molecule has 0 saturated carbocycles. The third-order valence-corrected chi connectivity index (χ3v) is 5.18. The predicted molar refractivity (Wildman–Crippen MR) is 108 cm³/mol. The van der Waals surface area contributed by atoms with Gasteiger partial charge in [0.25, 0.3) is 0 Å². The summed E-state index contributed by atoms with van der Waals surface area (Å²) < 4.78 is 10.7. The van der Waals surface area contributed by atoms with Crippen molar-refractivity contribution in [3.05, 3.63) is 53.1 Å². The number of carbonyl (C=O) groups is 1. The molecule has 2 aromatic rings. The van der Waals surface area contributed by atoms with Crippen LogP contribution in [0.2, 0.25) is 0 Å². The second kappa shape index (κ2) is 8.33. The molecule has 1 saturated heterocycles. The second-order valence-corrected chi connectivity index (χ2v) is 7.02. The van der Waals surface area contributed by atoms with Gasteiger partial charge in [-0.2, -0.15) is 0 Å². The van der Waals surface area contributed by atoms with Gasteiger partial charge < -0.3 is 19.3 Å². The Balaban J connectivity index is 1.63. The zero-order valence-corrected chi connectivity index (χ0v) is 16.6. The van der Waals surface area contributed by atoms with Crippen LogP contribution in [-0.2, 0) is 11.2 Å². The van der Waals surface area contributed by atoms with Crippen molar-refractivity contribution in [1.82, 2.24) is 4.90 Å². The number of rotatable bonds is 5. The van der Waals surface area contributed by atoms with Gasteiger partial charge in [-0.1, -0.05) is 12.1 Å². The van der Waals surface area contributed by atoms with Gasteiger partial charge in [-0.05, 0) is 54.8 Å². The standard InChI is InChI=1S/C22H28N2O3/c1-16-6-5-7-19(12-16)23-8-10-24(11-9-23)22(25)15-18-14-21(27-4)20(26-3)13-17(18)2/h5-7,12-14H,8-11,15H2,1-4H3. The van der Waals surface area contributed by atoms with Gasteiger partial charge in [-0.25, -0.2) is 0 Å². The Morgan fingerprint density at radius 3 is 2.26 bits per heavy atom. The van der Waals surface area contributed by atoms with E-state index in [1.807, 2.05) is 24.0 Å². The van der Waals surface area contributed by atoms with Crippen LogP contribution in [0.4, 0.5) is 5.69 Å². The summed E-state index contributed by atoms with van der Waals surface area (Å²) in [5.41, 5.74) is 4.52. The molecule has 1 heterocycles.